The van der Waals surface area contributed by atoms with Crippen LogP contribution in [0.4, 0.5) is 13.2 Å². The van der Waals surface area contributed by atoms with E-state index >= 15 is 0 Å². The number of oxime groups is 1. The molecule has 1 aliphatic rings. The third-order valence-corrected chi connectivity index (χ3v) is 2.01. The molecule has 0 spiro atoms. The maximum absolute atomic E-state index is 12.3. The molecule has 1 rings (SSSR count). The lowest BCUT2D eigenvalue weighted by Gasteiger charge is -2.28. The summed E-state index contributed by atoms with van der Waals surface area (Å²) in [4.78, 5) is 3.93. The molecule has 1 aliphatic heterocycles. The van der Waals surface area contributed by atoms with Gasteiger partial charge in [0.2, 0.25) is 0 Å². The normalized spacial score (nSPS) is 31.9. The monoisotopic (exact) mass is 213 g/mol. The van der Waals surface area contributed by atoms with Crippen LogP contribution in [0.5, 0.6) is 0 Å². The van der Waals surface area contributed by atoms with E-state index in [1.807, 2.05) is 0 Å². The highest BCUT2D eigenvalue weighted by Gasteiger charge is 2.63. The number of aliphatic hydroxyl groups is 2. The van der Waals surface area contributed by atoms with Crippen molar-refractivity contribution >= 4 is 6.21 Å². The van der Waals surface area contributed by atoms with Crippen molar-refractivity contribution in [2.45, 2.75) is 24.8 Å². The van der Waals surface area contributed by atoms with Crippen LogP contribution < -0.4 is 0 Å². The summed E-state index contributed by atoms with van der Waals surface area (Å²) < 4.78 is 36.9. The fourth-order valence-electron chi connectivity index (χ4n) is 1.20. The Balaban J connectivity index is 2.69. The van der Waals surface area contributed by atoms with Crippen molar-refractivity contribution in [3.05, 3.63) is 0 Å². The summed E-state index contributed by atoms with van der Waals surface area (Å²) in [6, 6.07) is 0. The van der Waals surface area contributed by atoms with E-state index < -0.39 is 17.9 Å². The van der Waals surface area contributed by atoms with Crippen molar-refractivity contribution in [1.29, 1.82) is 0 Å². The van der Waals surface area contributed by atoms with Gasteiger partial charge in [0.1, 0.15) is 0 Å². The summed E-state index contributed by atoms with van der Waals surface area (Å²) in [5.74, 6) is -4.49. The predicted octanol–water partition coefficient (Wildman–Crippen LogP) is 0.642. The molecule has 14 heavy (non-hydrogen) atoms. The van der Waals surface area contributed by atoms with Gasteiger partial charge in [-0.1, -0.05) is 5.16 Å². The lowest BCUT2D eigenvalue weighted by atomic mass is 9.95. The maximum Gasteiger partial charge on any atom is 0.458 e. The SMILES string of the molecule is OCCCC1C=NOC1(O)C(F)(F)F. The molecule has 0 aromatic carbocycles. The quantitative estimate of drug-likeness (QED) is 0.723. The average Bonchev–Trinajstić information content (AvgIpc) is 2.44. The summed E-state index contributed by atoms with van der Waals surface area (Å²) >= 11 is 0. The second kappa shape index (κ2) is 3.74. The number of alkyl halides is 3. The Labute approximate surface area is 78.0 Å². The minimum absolute atomic E-state index is 0.0317. The molecule has 2 unspecified atom stereocenters. The fraction of sp³-hybridized carbons (Fsp3) is 0.857. The molecule has 82 valence electrons. The number of rotatable bonds is 3. The Hall–Kier alpha value is -0.820. The highest BCUT2D eigenvalue weighted by molar-refractivity contribution is 5.63. The van der Waals surface area contributed by atoms with Crippen LogP contribution >= 0.6 is 0 Å². The fourth-order valence-corrected chi connectivity index (χ4v) is 1.20. The minimum Gasteiger partial charge on any atom is -0.396 e. The number of hydrogen-bond acceptors (Lipinski definition) is 4. The van der Waals surface area contributed by atoms with E-state index in [2.05, 4.69) is 9.99 Å². The second-order valence-corrected chi connectivity index (χ2v) is 3.01. The van der Waals surface area contributed by atoms with Gasteiger partial charge in [0.05, 0.1) is 12.1 Å². The van der Waals surface area contributed by atoms with Crippen LogP contribution in [-0.2, 0) is 4.84 Å². The Morgan fingerprint density at radius 1 is 1.50 bits per heavy atom. The molecule has 0 radical (unpaired) electrons. The molecule has 0 bridgehead atoms. The third kappa shape index (κ3) is 1.83. The summed E-state index contributed by atoms with van der Waals surface area (Å²) in [6.07, 6.45) is -3.86. The largest absolute Gasteiger partial charge is 0.458 e. The molecule has 2 atom stereocenters. The molecule has 0 saturated carbocycles. The van der Waals surface area contributed by atoms with Gasteiger partial charge in [-0.15, -0.1) is 0 Å². The van der Waals surface area contributed by atoms with Gasteiger partial charge in [-0.2, -0.15) is 13.2 Å². The van der Waals surface area contributed by atoms with E-state index in [1.54, 1.807) is 0 Å². The predicted molar refractivity (Wildman–Crippen MR) is 40.4 cm³/mol. The number of nitrogens with zero attached hydrogens (tertiary/aromatic N) is 1. The summed E-state index contributed by atoms with van der Waals surface area (Å²) in [5.41, 5.74) is 0. The second-order valence-electron chi connectivity index (χ2n) is 3.01. The van der Waals surface area contributed by atoms with E-state index in [1.165, 1.54) is 0 Å². The van der Waals surface area contributed by atoms with Crippen molar-refractivity contribution in [3.8, 4) is 0 Å². The maximum atomic E-state index is 12.3. The number of halogens is 3. The number of aliphatic hydroxyl groups excluding tert-OH is 1. The first kappa shape index (κ1) is 11.3. The Kier molecular flexibility index (Phi) is 3.01. The highest BCUT2D eigenvalue weighted by atomic mass is 19.4. The van der Waals surface area contributed by atoms with Gasteiger partial charge in [0.25, 0.3) is 0 Å². The van der Waals surface area contributed by atoms with Crippen molar-refractivity contribution in [2.75, 3.05) is 6.61 Å². The Morgan fingerprint density at radius 2 is 2.14 bits per heavy atom. The zero-order valence-corrected chi connectivity index (χ0v) is 7.16. The van der Waals surface area contributed by atoms with Gasteiger partial charge in [-0.25, -0.2) is 0 Å². The molecular weight excluding hydrogens is 203 g/mol. The van der Waals surface area contributed by atoms with E-state index in [4.69, 9.17) is 10.2 Å². The van der Waals surface area contributed by atoms with Gasteiger partial charge in [0.15, 0.2) is 0 Å². The standard InChI is InChI=1S/C7H10F3NO3/c8-7(9,10)6(13)5(2-1-3-12)4-11-14-6/h4-5,12-13H,1-3H2. The van der Waals surface area contributed by atoms with E-state index in [0.717, 1.165) is 6.21 Å². The first-order valence-corrected chi connectivity index (χ1v) is 4.03. The Morgan fingerprint density at radius 3 is 2.64 bits per heavy atom. The minimum atomic E-state index is -4.89. The third-order valence-electron chi connectivity index (χ3n) is 2.01. The van der Waals surface area contributed by atoms with Gasteiger partial charge < -0.3 is 15.1 Å². The molecular formula is C7H10F3NO3. The average molecular weight is 213 g/mol. The van der Waals surface area contributed by atoms with E-state index in [0.29, 0.717) is 0 Å². The van der Waals surface area contributed by atoms with Gasteiger partial charge >= 0.3 is 12.0 Å². The zero-order chi connectivity index (χ0) is 10.8. The Bertz CT molecular complexity index is 231. The van der Waals surface area contributed by atoms with Crippen LogP contribution in [0.2, 0.25) is 0 Å². The molecule has 0 amide bonds. The molecule has 7 heteroatoms. The summed E-state index contributed by atoms with van der Waals surface area (Å²) in [6.45, 7) is -0.238. The van der Waals surface area contributed by atoms with Crippen molar-refractivity contribution in [3.63, 3.8) is 0 Å². The van der Waals surface area contributed by atoms with Crippen molar-refractivity contribution in [2.24, 2.45) is 11.1 Å². The van der Waals surface area contributed by atoms with Crippen molar-refractivity contribution < 1.29 is 28.2 Å². The first-order valence-electron chi connectivity index (χ1n) is 4.03. The molecule has 0 saturated heterocycles. The topological polar surface area (TPSA) is 62.1 Å². The van der Waals surface area contributed by atoms with Gasteiger partial charge in [-0.3, -0.25) is 0 Å². The van der Waals surface area contributed by atoms with Crippen LogP contribution in [0.1, 0.15) is 12.8 Å². The van der Waals surface area contributed by atoms with Crippen LogP contribution in [0, 0.1) is 5.92 Å². The van der Waals surface area contributed by atoms with Crippen LogP contribution in [0.15, 0.2) is 5.16 Å². The zero-order valence-electron chi connectivity index (χ0n) is 7.16. The van der Waals surface area contributed by atoms with E-state index in [-0.39, 0.29) is 19.4 Å². The van der Waals surface area contributed by atoms with E-state index in [9.17, 15) is 13.2 Å². The van der Waals surface area contributed by atoms with Gasteiger partial charge in [-0.05, 0) is 12.8 Å². The lowest BCUT2D eigenvalue weighted by molar-refractivity contribution is -0.370. The molecule has 0 aromatic heterocycles. The van der Waals surface area contributed by atoms with Crippen molar-refractivity contribution in [1.82, 2.24) is 0 Å². The van der Waals surface area contributed by atoms with Crippen LogP contribution in [0.25, 0.3) is 0 Å². The molecule has 0 aromatic rings. The first-order chi connectivity index (χ1) is 6.42. The smallest absolute Gasteiger partial charge is 0.396 e. The molecule has 1 heterocycles. The van der Waals surface area contributed by atoms with Crippen LogP contribution in [-0.4, -0.2) is 35.0 Å². The summed E-state index contributed by atoms with van der Waals surface area (Å²) in [5, 5.41) is 20.6. The molecule has 2 N–H and O–H groups in total. The molecule has 0 aliphatic carbocycles. The lowest BCUT2D eigenvalue weighted by Crippen LogP contribution is -2.50. The van der Waals surface area contributed by atoms with Gasteiger partial charge in [0, 0.05) is 6.61 Å². The van der Waals surface area contributed by atoms with Crippen LogP contribution in [0.3, 0.4) is 0 Å². The highest BCUT2D eigenvalue weighted by Crippen LogP contribution is 2.41. The summed E-state index contributed by atoms with van der Waals surface area (Å²) in [7, 11) is 0. The molecule has 4 nitrogen and oxygen atoms in total. The number of hydrogen-bond donors (Lipinski definition) is 2. The molecule has 0 fully saturated rings.